The topological polar surface area (TPSA) is 0 Å². The van der Waals surface area contributed by atoms with Gasteiger partial charge >= 0.3 is 0 Å². The van der Waals surface area contributed by atoms with E-state index in [4.69, 9.17) is 0 Å². The van der Waals surface area contributed by atoms with Crippen LogP contribution in [0.2, 0.25) is 0 Å². The minimum absolute atomic E-state index is 1.10. The summed E-state index contributed by atoms with van der Waals surface area (Å²) in [6, 6.07) is 0. The fourth-order valence-corrected chi connectivity index (χ4v) is 2.71. The van der Waals surface area contributed by atoms with Gasteiger partial charge in [0.15, 0.2) is 0 Å². The SMILES string of the molecule is CCCC[C@H]1CCC[C@@H]1CCC. The van der Waals surface area contributed by atoms with Crippen LogP contribution in [0.4, 0.5) is 0 Å². The summed E-state index contributed by atoms with van der Waals surface area (Å²) in [5.74, 6) is 2.20. The van der Waals surface area contributed by atoms with Gasteiger partial charge in [0.2, 0.25) is 0 Å². The van der Waals surface area contributed by atoms with Gasteiger partial charge in [-0.1, -0.05) is 65.2 Å². The molecule has 0 heteroatoms. The van der Waals surface area contributed by atoms with Gasteiger partial charge in [-0.25, -0.2) is 0 Å². The highest BCUT2D eigenvalue weighted by Crippen LogP contribution is 2.37. The van der Waals surface area contributed by atoms with Gasteiger partial charge in [-0.2, -0.15) is 0 Å². The molecule has 0 spiro atoms. The number of rotatable bonds is 5. The fourth-order valence-electron chi connectivity index (χ4n) is 2.71. The Kier molecular flexibility index (Phi) is 4.72. The van der Waals surface area contributed by atoms with Gasteiger partial charge in [-0.15, -0.1) is 0 Å². The molecule has 12 heavy (non-hydrogen) atoms. The molecule has 1 rings (SSSR count). The van der Waals surface area contributed by atoms with Crippen molar-refractivity contribution in [1.29, 1.82) is 0 Å². The van der Waals surface area contributed by atoms with Crippen molar-refractivity contribution in [2.24, 2.45) is 11.8 Å². The van der Waals surface area contributed by atoms with Crippen LogP contribution in [0.1, 0.15) is 65.2 Å². The van der Waals surface area contributed by atoms with Crippen molar-refractivity contribution in [2.75, 3.05) is 0 Å². The van der Waals surface area contributed by atoms with Crippen LogP contribution < -0.4 is 0 Å². The van der Waals surface area contributed by atoms with Gasteiger partial charge in [0.05, 0.1) is 0 Å². The van der Waals surface area contributed by atoms with Crippen LogP contribution in [-0.4, -0.2) is 0 Å². The average molecular weight is 168 g/mol. The lowest BCUT2D eigenvalue weighted by atomic mass is 9.88. The summed E-state index contributed by atoms with van der Waals surface area (Å²) in [5.41, 5.74) is 0. The lowest BCUT2D eigenvalue weighted by Crippen LogP contribution is -2.07. The molecule has 0 aromatic rings. The standard InChI is InChI=1S/C12H24/c1-3-5-8-12-10-6-9-11(12)7-4-2/h11-12H,3-10H2,1-2H3/t11-,12-/m0/s1. The van der Waals surface area contributed by atoms with E-state index in [0.29, 0.717) is 0 Å². The highest BCUT2D eigenvalue weighted by Gasteiger charge is 2.25. The van der Waals surface area contributed by atoms with E-state index >= 15 is 0 Å². The summed E-state index contributed by atoms with van der Waals surface area (Å²) in [7, 11) is 0. The maximum Gasteiger partial charge on any atom is -0.0386 e. The van der Waals surface area contributed by atoms with E-state index in [0.717, 1.165) is 11.8 Å². The first-order valence-electron chi connectivity index (χ1n) is 5.88. The summed E-state index contributed by atoms with van der Waals surface area (Å²) < 4.78 is 0. The maximum absolute atomic E-state index is 2.33. The Morgan fingerprint density at radius 1 is 0.917 bits per heavy atom. The first-order chi connectivity index (χ1) is 5.88. The average Bonchev–Trinajstić information content (AvgIpc) is 2.50. The summed E-state index contributed by atoms with van der Waals surface area (Å²) in [4.78, 5) is 0. The zero-order chi connectivity index (χ0) is 8.81. The van der Waals surface area contributed by atoms with Crippen LogP contribution in [0.15, 0.2) is 0 Å². The Balaban J connectivity index is 2.20. The number of unbranched alkanes of at least 4 members (excludes halogenated alkanes) is 1. The molecule has 1 fully saturated rings. The Morgan fingerprint density at radius 3 is 2.17 bits per heavy atom. The summed E-state index contributed by atoms with van der Waals surface area (Å²) in [6.45, 7) is 4.64. The van der Waals surface area contributed by atoms with E-state index in [1.54, 1.807) is 0 Å². The molecule has 0 radical (unpaired) electrons. The zero-order valence-corrected chi connectivity index (χ0v) is 8.81. The molecule has 1 saturated carbocycles. The Labute approximate surface area is 77.7 Å². The Morgan fingerprint density at radius 2 is 1.58 bits per heavy atom. The predicted octanol–water partition coefficient (Wildman–Crippen LogP) is 4.39. The summed E-state index contributed by atoms with van der Waals surface area (Å²) in [6.07, 6.45) is 11.8. The van der Waals surface area contributed by atoms with Crippen LogP contribution >= 0.6 is 0 Å². The largest absolute Gasteiger partial charge is 0.0654 e. The molecule has 0 unspecified atom stereocenters. The zero-order valence-electron chi connectivity index (χ0n) is 8.81. The molecule has 0 saturated heterocycles. The second kappa shape index (κ2) is 5.61. The lowest BCUT2D eigenvalue weighted by Gasteiger charge is -2.18. The highest BCUT2D eigenvalue weighted by atomic mass is 14.3. The van der Waals surface area contributed by atoms with E-state index in [9.17, 15) is 0 Å². The van der Waals surface area contributed by atoms with Crippen LogP contribution in [0.5, 0.6) is 0 Å². The van der Waals surface area contributed by atoms with Crippen molar-refractivity contribution in [3.63, 3.8) is 0 Å². The van der Waals surface area contributed by atoms with Gasteiger partial charge in [0.1, 0.15) is 0 Å². The molecule has 0 nitrogen and oxygen atoms in total. The third-order valence-corrected chi connectivity index (χ3v) is 3.40. The van der Waals surface area contributed by atoms with E-state index in [1.807, 2.05) is 0 Å². The smallest absolute Gasteiger partial charge is 0.0386 e. The second-order valence-corrected chi connectivity index (χ2v) is 4.38. The molecule has 0 amide bonds. The van der Waals surface area contributed by atoms with Gasteiger partial charge in [0.25, 0.3) is 0 Å². The van der Waals surface area contributed by atoms with E-state index in [1.165, 1.54) is 51.4 Å². The molecule has 2 atom stereocenters. The Bertz CT molecular complexity index is 107. The van der Waals surface area contributed by atoms with Gasteiger partial charge in [0, 0.05) is 0 Å². The fraction of sp³-hybridized carbons (Fsp3) is 1.00. The molecule has 0 bridgehead atoms. The van der Waals surface area contributed by atoms with Crippen molar-refractivity contribution >= 4 is 0 Å². The highest BCUT2D eigenvalue weighted by molar-refractivity contribution is 4.76. The molecule has 72 valence electrons. The van der Waals surface area contributed by atoms with Gasteiger partial charge in [-0.3, -0.25) is 0 Å². The van der Waals surface area contributed by atoms with E-state index < -0.39 is 0 Å². The molecule has 0 heterocycles. The van der Waals surface area contributed by atoms with Crippen LogP contribution in [0, 0.1) is 11.8 Å². The number of hydrogen-bond acceptors (Lipinski definition) is 0. The molecule has 0 aromatic heterocycles. The first-order valence-corrected chi connectivity index (χ1v) is 5.88. The minimum atomic E-state index is 1.10. The molecule has 0 aliphatic heterocycles. The number of hydrogen-bond donors (Lipinski definition) is 0. The monoisotopic (exact) mass is 168 g/mol. The Hall–Kier alpha value is 0. The molecular weight excluding hydrogens is 144 g/mol. The lowest BCUT2D eigenvalue weighted by molar-refractivity contribution is 0.333. The van der Waals surface area contributed by atoms with Crippen molar-refractivity contribution in [3.05, 3.63) is 0 Å². The van der Waals surface area contributed by atoms with Crippen LogP contribution in [0.3, 0.4) is 0 Å². The van der Waals surface area contributed by atoms with E-state index in [-0.39, 0.29) is 0 Å². The third kappa shape index (κ3) is 2.80. The summed E-state index contributed by atoms with van der Waals surface area (Å²) in [5, 5.41) is 0. The van der Waals surface area contributed by atoms with Gasteiger partial charge < -0.3 is 0 Å². The van der Waals surface area contributed by atoms with Crippen molar-refractivity contribution < 1.29 is 0 Å². The summed E-state index contributed by atoms with van der Waals surface area (Å²) >= 11 is 0. The van der Waals surface area contributed by atoms with Gasteiger partial charge in [-0.05, 0) is 11.8 Å². The maximum atomic E-state index is 2.33. The van der Waals surface area contributed by atoms with E-state index in [2.05, 4.69) is 13.8 Å². The second-order valence-electron chi connectivity index (χ2n) is 4.38. The van der Waals surface area contributed by atoms with Crippen molar-refractivity contribution in [2.45, 2.75) is 65.2 Å². The minimum Gasteiger partial charge on any atom is -0.0654 e. The van der Waals surface area contributed by atoms with Crippen molar-refractivity contribution in [3.8, 4) is 0 Å². The van der Waals surface area contributed by atoms with Crippen molar-refractivity contribution in [1.82, 2.24) is 0 Å². The first kappa shape index (κ1) is 10.1. The molecule has 0 N–H and O–H groups in total. The van der Waals surface area contributed by atoms with Crippen LogP contribution in [0.25, 0.3) is 0 Å². The molecule has 1 aliphatic rings. The third-order valence-electron chi connectivity index (χ3n) is 3.40. The molecular formula is C12H24. The molecule has 0 aromatic carbocycles. The predicted molar refractivity (Wildman–Crippen MR) is 55.3 cm³/mol. The van der Waals surface area contributed by atoms with Crippen LogP contribution in [-0.2, 0) is 0 Å². The normalized spacial score (nSPS) is 29.5. The molecule has 1 aliphatic carbocycles. The quantitative estimate of drug-likeness (QED) is 0.571.